The average Bonchev–Trinajstić information content (AvgIpc) is 2.76. The number of carbonyl (C=O) groups excluding carboxylic acids is 1. The molecule has 0 aliphatic carbocycles. The van der Waals surface area contributed by atoms with Crippen molar-refractivity contribution in [1.29, 1.82) is 0 Å². The highest BCUT2D eigenvalue weighted by atomic mass is 16.6. The molecule has 0 radical (unpaired) electrons. The van der Waals surface area contributed by atoms with E-state index in [-0.39, 0.29) is 16.5 Å². The Hall–Kier alpha value is -1.92. The van der Waals surface area contributed by atoms with Crippen LogP contribution in [0.15, 0.2) is 0 Å². The maximum Gasteiger partial charge on any atom is 0.333 e. The quantitative estimate of drug-likeness (QED) is 0.467. The fraction of sp³-hybridized carbons (Fsp3) is 0.692. The van der Waals surface area contributed by atoms with E-state index in [1.807, 2.05) is 11.8 Å². The smallest absolute Gasteiger partial charge is 0.333 e. The molecule has 0 amide bonds. The number of aryl methyl sites for hydroxylation is 2. The molecule has 0 aromatic carbocycles. The van der Waals surface area contributed by atoms with Crippen molar-refractivity contribution in [1.82, 2.24) is 9.78 Å². The minimum Gasteiger partial charge on any atom is -0.350 e. The second-order valence-electron chi connectivity index (χ2n) is 5.22. The topological polar surface area (TPSA) is 81.3 Å². The van der Waals surface area contributed by atoms with Crippen LogP contribution in [0.2, 0.25) is 0 Å². The molecule has 1 fully saturated rings. The Balaban J connectivity index is 2.41. The third-order valence-electron chi connectivity index (χ3n) is 3.64. The predicted molar refractivity (Wildman–Crippen MR) is 74.9 cm³/mol. The fourth-order valence-electron chi connectivity index (χ4n) is 2.77. The lowest BCUT2D eigenvalue weighted by Gasteiger charge is -2.31. The van der Waals surface area contributed by atoms with Crippen LogP contribution in [0.4, 0.5) is 11.5 Å². The lowest BCUT2D eigenvalue weighted by Crippen LogP contribution is -2.37. The zero-order valence-electron chi connectivity index (χ0n) is 11.9. The van der Waals surface area contributed by atoms with Crippen molar-refractivity contribution in [3.8, 4) is 0 Å². The van der Waals surface area contributed by atoms with E-state index < -0.39 is 0 Å². The number of anilines is 1. The first kappa shape index (κ1) is 14.5. The Morgan fingerprint density at radius 2 is 2.30 bits per heavy atom. The van der Waals surface area contributed by atoms with E-state index >= 15 is 0 Å². The van der Waals surface area contributed by atoms with E-state index in [1.165, 1.54) is 0 Å². The molecule has 1 aliphatic heterocycles. The SMILES string of the molecule is CCCn1nc(C)c([N+](=O)[O-])c1N1CCCC(C=O)C1. The van der Waals surface area contributed by atoms with Gasteiger partial charge in [-0.15, -0.1) is 0 Å². The standard InChI is InChI=1S/C13H20N4O3/c1-3-6-16-13(12(17(19)20)10(2)14-16)15-7-4-5-11(8-15)9-18/h9,11H,3-8H2,1-2H3. The molecule has 0 spiro atoms. The number of hydrogen-bond acceptors (Lipinski definition) is 5. The number of nitrogens with zero attached hydrogens (tertiary/aromatic N) is 4. The second kappa shape index (κ2) is 6.02. The van der Waals surface area contributed by atoms with Crippen molar-refractivity contribution >= 4 is 17.8 Å². The van der Waals surface area contributed by atoms with E-state index in [9.17, 15) is 14.9 Å². The van der Waals surface area contributed by atoms with Gasteiger partial charge in [0, 0.05) is 25.6 Å². The number of hydrogen-bond donors (Lipinski definition) is 0. The van der Waals surface area contributed by atoms with Gasteiger partial charge < -0.3 is 9.69 Å². The first-order chi connectivity index (χ1) is 9.58. The summed E-state index contributed by atoms with van der Waals surface area (Å²) in [5, 5.41) is 15.6. The molecule has 0 N–H and O–H groups in total. The van der Waals surface area contributed by atoms with Crippen LogP contribution in [-0.4, -0.2) is 34.1 Å². The van der Waals surface area contributed by atoms with Crippen LogP contribution in [0, 0.1) is 23.0 Å². The zero-order chi connectivity index (χ0) is 14.7. The predicted octanol–water partition coefficient (Wildman–Crippen LogP) is 1.93. The maximum atomic E-state index is 11.3. The van der Waals surface area contributed by atoms with Crippen LogP contribution in [-0.2, 0) is 11.3 Å². The Labute approximate surface area is 117 Å². The molecule has 1 unspecified atom stereocenters. The van der Waals surface area contributed by atoms with Crippen LogP contribution < -0.4 is 4.90 Å². The van der Waals surface area contributed by atoms with Crippen molar-refractivity contribution in [2.24, 2.45) is 5.92 Å². The number of nitro groups is 1. The van der Waals surface area contributed by atoms with E-state index in [2.05, 4.69) is 5.10 Å². The summed E-state index contributed by atoms with van der Waals surface area (Å²) in [5.41, 5.74) is 0.511. The van der Waals surface area contributed by atoms with Gasteiger partial charge in [-0.25, -0.2) is 4.68 Å². The minimum absolute atomic E-state index is 0.0476. The van der Waals surface area contributed by atoms with Gasteiger partial charge in [0.25, 0.3) is 0 Å². The minimum atomic E-state index is -0.367. The van der Waals surface area contributed by atoms with Gasteiger partial charge >= 0.3 is 5.69 Å². The van der Waals surface area contributed by atoms with Crippen LogP contribution >= 0.6 is 0 Å². The third-order valence-corrected chi connectivity index (χ3v) is 3.64. The largest absolute Gasteiger partial charge is 0.350 e. The number of aromatic nitrogens is 2. The van der Waals surface area contributed by atoms with Gasteiger partial charge in [-0.05, 0) is 26.2 Å². The molecule has 1 aromatic rings. The number of aldehydes is 1. The van der Waals surface area contributed by atoms with Crippen molar-refractivity contribution in [2.45, 2.75) is 39.7 Å². The summed E-state index contributed by atoms with van der Waals surface area (Å²) >= 11 is 0. The van der Waals surface area contributed by atoms with E-state index in [0.29, 0.717) is 24.6 Å². The van der Waals surface area contributed by atoms with Gasteiger partial charge in [-0.3, -0.25) is 10.1 Å². The number of carbonyl (C=O) groups is 1. The van der Waals surface area contributed by atoms with Gasteiger partial charge in [-0.1, -0.05) is 6.92 Å². The van der Waals surface area contributed by atoms with Crippen LogP contribution in [0.3, 0.4) is 0 Å². The van der Waals surface area contributed by atoms with Crippen LogP contribution in [0.25, 0.3) is 0 Å². The van der Waals surface area contributed by atoms with E-state index in [4.69, 9.17) is 0 Å². The highest BCUT2D eigenvalue weighted by molar-refractivity contribution is 5.63. The van der Waals surface area contributed by atoms with Gasteiger partial charge in [0.2, 0.25) is 5.82 Å². The third kappa shape index (κ3) is 2.66. The molecule has 1 atom stereocenters. The van der Waals surface area contributed by atoms with Gasteiger partial charge in [-0.2, -0.15) is 5.10 Å². The van der Waals surface area contributed by atoms with Gasteiger partial charge in [0.1, 0.15) is 12.0 Å². The van der Waals surface area contributed by atoms with Gasteiger partial charge in [0.15, 0.2) is 0 Å². The van der Waals surface area contributed by atoms with Crippen molar-refractivity contribution < 1.29 is 9.72 Å². The molecule has 20 heavy (non-hydrogen) atoms. The summed E-state index contributed by atoms with van der Waals surface area (Å²) < 4.78 is 1.71. The zero-order valence-corrected chi connectivity index (χ0v) is 11.9. The Morgan fingerprint density at radius 3 is 2.90 bits per heavy atom. The highest BCUT2D eigenvalue weighted by Crippen LogP contribution is 2.34. The number of rotatable bonds is 5. The van der Waals surface area contributed by atoms with Crippen LogP contribution in [0.1, 0.15) is 31.9 Å². The summed E-state index contributed by atoms with van der Waals surface area (Å²) in [6.07, 6.45) is 3.53. The first-order valence-corrected chi connectivity index (χ1v) is 7.00. The molecule has 2 heterocycles. The molecule has 110 valence electrons. The Morgan fingerprint density at radius 1 is 1.55 bits per heavy atom. The van der Waals surface area contributed by atoms with Crippen molar-refractivity contribution in [3.63, 3.8) is 0 Å². The summed E-state index contributed by atoms with van der Waals surface area (Å²) in [5.74, 6) is 0.509. The normalized spacial score (nSPS) is 19.1. The fourth-order valence-corrected chi connectivity index (χ4v) is 2.77. The second-order valence-corrected chi connectivity index (χ2v) is 5.22. The molecule has 1 aliphatic rings. The molecular formula is C13H20N4O3. The summed E-state index contributed by atoms with van der Waals surface area (Å²) in [6.45, 7) is 5.59. The Bertz CT molecular complexity index is 512. The van der Waals surface area contributed by atoms with E-state index in [0.717, 1.165) is 32.1 Å². The molecule has 0 bridgehead atoms. The highest BCUT2D eigenvalue weighted by Gasteiger charge is 2.32. The lowest BCUT2D eigenvalue weighted by molar-refractivity contribution is -0.384. The first-order valence-electron chi connectivity index (χ1n) is 7.00. The summed E-state index contributed by atoms with van der Waals surface area (Å²) in [6, 6.07) is 0. The van der Waals surface area contributed by atoms with Crippen molar-refractivity contribution in [3.05, 3.63) is 15.8 Å². The Kier molecular flexibility index (Phi) is 4.36. The van der Waals surface area contributed by atoms with E-state index in [1.54, 1.807) is 11.6 Å². The molecule has 0 saturated carbocycles. The number of piperidine rings is 1. The van der Waals surface area contributed by atoms with Crippen LogP contribution in [0.5, 0.6) is 0 Å². The van der Waals surface area contributed by atoms with Crippen molar-refractivity contribution in [2.75, 3.05) is 18.0 Å². The molecule has 7 heteroatoms. The summed E-state index contributed by atoms with van der Waals surface area (Å²) in [7, 11) is 0. The summed E-state index contributed by atoms with van der Waals surface area (Å²) in [4.78, 5) is 23.9. The molecule has 7 nitrogen and oxygen atoms in total. The average molecular weight is 280 g/mol. The molecular weight excluding hydrogens is 260 g/mol. The van der Waals surface area contributed by atoms with Gasteiger partial charge in [0.05, 0.1) is 4.92 Å². The lowest BCUT2D eigenvalue weighted by atomic mass is 10.00. The monoisotopic (exact) mass is 280 g/mol. The molecule has 2 rings (SSSR count). The maximum absolute atomic E-state index is 11.3. The molecule has 1 aromatic heterocycles. The molecule has 1 saturated heterocycles.